The van der Waals surface area contributed by atoms with Gasteiger partial charge in [-0.2, -0.15) is 11.8 Å². The highest BCUT2D eigenvalue weighted by molar-refractivity contribution is 7.98. The first-order valence-electron chi connectivity index (χ1n) is 6.70. The van der Waals surface area contributed by atoms with Crippen molar-refractivity contribution in [2.24, 2.45) is 0 Å². The van der Waals surface area contributed by atoms with Gasteiger partial charge in [-0.3, -0.25) is 4.79 Å². The van der Waals surface area contributed by atoms with E-state index in [-0.39, 0.29) is 12.0 Å². The van der Waals surface area contributed by atoms with E-state index < -0.39 is 12.0 Å². The van der Waals surface area contributed by atoms with Crippen molar-refractivity contribution in [2.75, 3.05) is 12.0 Å². The molecule has 0 fully saturated rings. The first-order valence-corrected chi connectivity index (χ1v) is 8.47. The van der Waals surface area contributed by atoms with Crippen LogP contribution in [0.3, 0.4) is 0 Å². The van der Waals surface area contributed by atoms with Crippen LogP contribution in [0, 0.1) is 0 Å². The molecule has 0 heterocycles. The van der Waals surface area contributed by atoms with E-state index in [1.807, 2.05) is 6.26 Å². The Hall–Kier alpha value is -1.20. The molecule has 0 aromatic heterocycles. The zero-order valence-electron chi connectivity index (χ0n) is 12.4. The lowest BCUT2D eigenvalue weighted by Crippen LogP contribution is -2.43. The molecular formula is C15H20ClNO3S. The summed E-state index contributed by atoms with van der Waals surface area (Å²) in [5.74, 6) is -0.0347. The summed E-state index contributed by atoms with van der Waals surface area (Å²) in [5, 5.41) is 3.06. The third-order valence-electron chi connectivity index (χ3n) is 2.67. The normalized spacial score (nSPS) is 12.0. The SMILES string of the molecule is CSCCC(NC(=O)c1ccccc1Cl)C(=O)OC(C)C. The van der Waals surface area contributed by atoms with Crippen molar-refractivity contribution >= 4 is 35.2 Å². The van der Waals surface area contributed by atoms with Gasteiger partial charge in [0, 0.05) is 0 Å². The van der Waals surface area contributed by atoms with Crippen LogP contribution < -0.4 is 5.32 Å². The molecule has 116 valence electrons. The molecule has 0 aliphatic heterocycles. The molecule has 21 heavy (non-hydrogen) atoms. The largest absolute Gasteiger partial charge is 0.461 e. The fourth-order valence-electron chi connectivity index (χ4n) is 1.68. The number of carbonyl (C=O) groups excluding carboxylic acids is 2. The molecule has 0 radical (unpaired) electrons. The van der Waals surface area contributed by atoms with Crippen molar-refractivity contribution < 1.29 is 14.3 Å². The van der Waals surface area contributed by atoms with Gasteiger partial charge in [-0.15, -0.1) is 0 Å². The second-order valence-electron chi connectivity index (χ2n) is 4.77. The highest BCUT2D eigenvalue weighted by atomic mass is 35.5. The molecule has 1 atom stereocenters. The van der Waals surface area contributed by atoms with Crippen molar-refractivity contribution in [1.82, 2.24) is 5.32 Å². The molecule has 1 unspecified atom stereocenters. The van der Waals surface area contributed by atoms with Crippen molar-refractivity contribution in [1.29, 1.82) is 0 Å². The van der Waals surface area contributed by atoms with Crippen LogP contribution in [0.5, 0.6) is 0 Å². The van der Waals surface area contributed by atoms with Crippen LogP contribution in [0.1, 0.15) is 30.6 Å². The molecule has 1 amide bonds. The maximum Gasteiger partial charge on any atom is 0.328 e. The lowest BCUT2D eigenvalue weighted by molar-refractivity contribution is -0.149. The topological polar surface area (TPSA) is 55.4 Å². The first kappa shape index (κ1) is 17.9. The van der Waals surface area contributed by atoms with Crippen LogP contribution in [0.4, 0.5) is 0 Å². The van der Waals surface area contributed by atoms with Crippen LogP contribution in [0.15, 0.2) is 24.3 Å². The summed E-state index contributed by atoms with van der Waals surface area (Å²) in [6, 6.07) is 6.07. The fraction of sp³-hybridized carbons (Fsp3) is 0.467. The predicted octanol–water partition coefficient (Wildman–Crippen LogP) is 3.14. The van der Waals surface area contributed by atoms with Gasteiger partial charge in [0.2, 0.25) is 0 Å². The Morgan fingerprint density at radius 1 is 1.33 bits per heavy atom. The van der Waals surface area contributed by atoms with Gasteiger partial charge in [0.15, 0.2) is 0 Å². The number of hydrogen-bond acceptors (Lipinski definition) is 4. The van der Waals surface area contributed by atoms with Gasteiger partial charge in [-0.1, -0.05) is 23.7 Å². The summed E-state index contributed by atoms with van der Waals surface area (Å²) >= 11 is 7.60. The van der Waals surface area contributed by atoms with E-state index in [1.54, 1.807) is 49.9 Å². The molecule has 0 saturated carbocycles. The third-order valence-corrected chi connectivity index (χ3v) is 3.64. The number of thioether (sulfide) groups is 1. The fourth-order valence-corrected chi connectivity index (χ4v) is 2.37. The number of benzene rings is 1. The van der Waals surface area contributed by atoms with Gasteiger partial charge in [0.05, 0.1) is 16.7 Å². The monoisotopic (exact) mass is 329 g/mol. The van der Waals surface area contributed by atoms with Gasteiger partial charge in [-0.25, -0.2) is 4.79 Å². The van der Waals surface area contributed by atoms with Gasteiger partial charge < -0.3 is 10.1 Å². The highest BCUT2D eigenvalue weighted by Crippen LogP contribution is 2.15. The summed E-state index contributed by atoms with van der Waals surface area (Å²) in [6.45, 7) is 3.55. The quantitative estimate of drug-likeness (QED) is 0.781. The summed E-state index contributed by atoms with van der Waals surface area (Å²) in [5.41, 5.74) is 0.352. The zero-order chi connectivity index (χ0) is 15.8. The van der Waals surface area contributed by atoms with Crippen LogP contribution >= 0.6 is 23.4 Å². The lowest BCUT2D eigenvalue weighted by atomic mass is 10.1. The third kappa shape index (κ3) is 5.98. The van der Waals surface area contributed by atoms with Crippen LogP contribution in [0.25, 0.3) is 0 Å². The molecule has 4 nitrogen and oxygen atoms in total. The smallest absolute Gasteiger partial charge is 0.328 e. The number of amides is 1. The van der Waals surface area contributed by atoms with E-state index in [0.29, 0.717) is 17.0 Å². The lowest BCUT2D eigenvalue weighted by Gasteiger charge is -2.19. The molecule has 0 saturated heterocycles. The second kappa shape index (κ2) is 8.95. The number of esters is 1. The molecule has 1 N–H and O–H groups in total. The number of hydrogen-bond donors (Lipinski definition) is 1. The Labute approximate surface area is 134 Å². The molecular weight excluding hydrogens is 310 g/mol. The summed E-state index contributed by atoms with van der Waals surface area (Å²) in [7, 11) is 0. The van der Waals surface area contributed by atoms with E-state index in [2.05, 4.69) is 5.32 Å². The first-order chi connectivity index (χ1) is 9.95. The van der Waals surface area contributed by atoms with Crippen molar-refractivity contribution in [2.45, 2.75) is 32.4 Å². The van der Waals surface area contributed by atoms with E-state index >= 15 is 0 Å². The molecule has 0 bridgehead atoms. The molecule has 1 aromatic carbocycles. The standard InChI is InChI=1S/C15H20ClNO3S/c1-10(2)20-15(19)13(8-9-21-3)17-14(18)11-6-4-5-7-12(11)16/h4-7,10,13H,8-9H2,1-3H3,(H,17,18). The molecule has 0 spiro atoms. The van der Waals surface area contributed by atoms with Gasteiger partial charge in [-0.05, 0) is 44.4 Å². The number of rotatable bonds is 7. The average Bonchev–Trinajstić information content (AvgIpc) is 2.42. The Bertz CT molecular complexity index is 494. The van der Waals surface area contributed by atoms with E-state index in [4.69, 9.17) is 16.3 Å². The molecule has 0 aliphatic carbocycles. The summed E-state index contributed by atoms with van der Waals surface area (Å²) < 4.78 is 5.18. The maximum atomic E-state index is 12.2. The van der Waals surface area contributed by atoms with E-state index in [9.17, 15) is 9.59 Å². The number of nitrogens with one attached hydrogen (secondary N) is 1. The van der Waals surface area contributed by atoms with Gasteiger partial charge >= 0.3 is 5.97 Å². The highest BCUT2D eigenvalue weighted by Gasteiger charge is 2.24. The molecule has 1 rings (SSSR count). The molecule has 6 heteroatoms. The predicted molar refractivity (Wildman–Crippen MR) is 86.9 cm³/mol. The Morgan fingerprint density at radius 2 is 2.00 bits per heavy atom. The number of carbonyl (C=O) groups is 2. The van der Waals surface area contributed by atoms with Crippen LogP contribution in [0.2, 0.25) is 5.02 Å². The average molecular weight is 330 g/mol. The maximum absolute atomic E-state index is 12.2. The second-order valence-corrected chi connectivity index (χ2v) is 6.17. The minimum atomic E-state index is -0.663. The van der Waals surface area contributed by atoms with Gasteiger partial charge in [0.25, 0.3) is 5.91 Å². The van der Waals surface area contributed by atoms with Crippen molar-refractivity contribution in [3.63, 3.8) is 0 Å². The minimum absolute atomic E-state index is 0.216. The van der Waals surface area contributed by atoms with Crippen molar-refractivity contribution in [3.05, 3.63) is 34.9 Å². The Morgan fingerprint density at radius 3 is 2.57 bits per heavy atom. The van der Waals surface area contributed by atoms with Gasteiger partial charge in [0.1, 0.15) is 6.04 Å². The summed E-state index contributed by atoms with van der Waals surface area (Å²) in [4.78, 5) is 24.3. The van der Waals surface area contributed by atoms with Crippen LogP contribution in [-0.4, -0.2) is 36.0 Å². The zero-order valence-corrected chi connectivity index (χ0v) is 14.0. The summed E-state index contributed by atoms with van der Waals surface area (Å²) in [6.07, 6.45) is 2.25. The van der Waals surface area contributed by atoms with E-state index in [0.717, 1.165) is 5.75 Å². The van der Waals surface area contributed by atoms with Crippen LogP contribution in [-0.2, 0) is 9.53 Å². The minimum Gasteiger partial charge on any atom is -0.461 e. The van der Waals surface area contributed by atoms with E-state index in [1.165, 1.54) is 0 Å². The van der Waals surface area contributed by atoms with Crippen molar-refractivity contribution in [3.8, 4) is 0 Å². The molecule has 1 aromatic rings. The number of halogens is 1. The number of ether oxygens (including phenoxy) is 1. The molecule has 0 aliphatic rings. The Balaban J connectivity index is 2.78. The Kier molecular flexibility index (Phi) is 7.61.